The average Bonchev–Trinajstić information content (AvgIpc) is 2.21. The third-order valence-corrected chi connectivity index (χ3v) is 1.87. The van der Waals surface area contributed by atoms with Crippen molar-refractivity contribution in [3.05, 3.63) is 22.8 Å². The van der Waals surface area contributed by atoms with Crippen LogP contribution in [0.3, 0.4) is 0 Å². The van der Waals surface area contributed by atoms with Crippen molar-refractivity contribution in [2.24, 2.45) is 0 Å². The lowest BCUT2D eigenvalue weighted by Gasteiger charge is -2.06. The number of rotatable bonds is 4. The number of hydrogen-bond acceptors (Lipinski definition) is 4. The van der Waals surface area contributed by atoms with Gasteiger partial charge in [0.2, 0.25) is 5.88 Å². The summed E-state index contributed by atoms with van der Waals surface area (Å²) in [6.07, 6.45) is 1.48. The van der Waals surface area contributed by atoms with Crippen molar-refractivity contribution in [2.75, 3.05) is 20.3 Å². The second kappa shape index (κ2) is 5.43. The molecule has 0 radical (unpaired) electrons. The van der Waals surface area contributed by atoms with Gasteiger partial charge in [0.15, 0.2) is 0 Å². The highest BCUT2D eigenvalue weighted by atomic mass is 35.5. The molecule has 0 amide bonds. The lowest BCUT2D eigenvalue weighted by atomic mass is 10.3. The standard InChI is InChI=1S/C9H9ClN2O2/c1-13-4-5-14-9-8(10)7(6-11)2-3-12-9/h2-3H,4-5H2,1H3. The predicted molar refractivity (Wildman–Crippen MR) is 51.3 cm³/mol. The number of pyridine rings is 1. The lowest BCUT2D eigenvalue weighted by molar-refractivity contribution is 0.144. The Bertz CT molecular complexity index is 349. The third-order valence-electron chi connectivity index (χ3n) is 1.50. The Morgan fingerprint density at radius 3 is 3.00 bits per heavy atom. The second-order valence-electron chi connectivity index (χ2n) is 2.43. The molecule has 1 heterocycles. The Balaban J connectivity index is 2.73. The van der Waals surface area contributed by atoms with Gasteiger partial charge in [0.05, 0.1) is 12.2 Å². The van der Waals surface area contributed by atoms with E-state index in [1.807, 2.05) is 6.07 Å². The summed E-state index contributed by atoms with van der Waals surface area (Å²) >= 11 is 5.84. The Kier molecular flexibility index (Phi) is 4.17. The van der Waals surface area contributed by atoms with E-state index < -0.39 is 0 Å². The predicted octanol–water partition coefficient (Wildman–Crippen LogP) is 1.63. The average molecular weight is 213 g/mol. The van der Waals surface area contributed by atoms with Crippen LogP contribution in [0.4, 0.5) is 0 Å². The minimum Gasteiger partial charge on any atom is -0.474 e. The van der Waals surface area contributed by atoms with Crippen LogP contribution in [0.5, 0.6) is 5.88 Å². The maximum absolute atomic E-state index is 8.67. The normalized spacial score (nSPS) is 9.50. The largest absolute Gasteiger partial charge is 0.474 e. The van der Waals surface area contributed by atoms with Crippen LogP contribution in [0, 0.1) is 11.3 Å². The van der Waals surface area contributed by atoms with Crippen LogP contribution in [0.2, 0.25) is 5.02 Å². The topological polar surface area (TPSA) is 55.1 Å². The molecular weight excluding hydrogens is 204 g/mol. The van der Waals surface area contributed by atoms with Gasteiger partial charge in [-0.3, -0.25) is 0 Å². The van der Waals surface area contributed by atoms with Crippen molar-refractivity contribution in [2.45, 2.75) is 0 Å². The van der Waals surface area contributed by atoms with Crippen molar-refractivity contribution in [3.8, 4) is 11.9 Å². The Morgan fingerprint density at radius 1 is 1.57 bits per heavy atom. The number of aromatic nitrogens is 1. The quantitative estimate of drug-likeness (QED) is 0.712. The lowest BCUT2D eigenvalue weighted by Crippen LogP contribution is -2.06. The molecule has 0 spiro atoms. The molecule has 0 aliphatic heterocycles. The summed E-state index contributed by atoms with van der Waals surface area (Å²) in [4.78, 5) is 3.90. The first kappa shape index (κ1) is 10.8. The molecule has 14 heavy (non-hydrogen) atoms. The van der Waals surface area contributed by atoms with Crippen molar-refractivity contribution in [1.29, 1.82) is 5.26 Å². The molecule has 0 saturated heterocycles. The van der Waals surface area contributed by atoms with Crippen LogP contribution in [-0.2, 0) is 4.74 Å². The molecular formula is C9H9ClN2O2. The van der Waals surface area contributed by atoms with Gasteiger partial charge in [-0.15, -0.1) is 0 Å². The molecule has 0 aromatic carbocycles. The molecule has 0 unspecified atom stereocenters. The number of ether oxygens (including phenoxy) is 2. The summed E-state index contributed by atoms with van der Waals surface area (Å²) < 4.78 is 10.00. The van der Waals surface area contributed by atoms with Crippen molar-refractivity contribution < 1.29 is 9.47 Å². The molecule has 0 N–H and O–H groups in total. The van der Waals surface area contributed by atoms with E-state index >= 15 is 0 Å². The minimum absolute atomic E-state index is 0.242. The van der Waals surface area contributed by atoms with Gasteiger partial charge in [0.25, 0.3) is 0 Å². The van der Waals surface area contributed by atoms with Gasteiger partial charge >= 0.3 is 0 Å². The number of nitrogens with zero attached hydrogens (tertiary/aromatic N) is 2. The van der Waals surface area contributed by atoms with E-state index in [1.54, 1.807) is 7.11 Å². The van der Waals surface area contributed by atoms with E-state index in [1.165, 1.54) is 12.3 Å². The number of nitriles is 1. The van der Waals surface area contributed by atoms with Crippen LogP contribution < -0.4 is 4.74 Å². The summed E-state index contributed by atoms with van der Waals surface area (Å²) in [5.41, 5.74) is 0.356. The molecule has 0 fully saturated rings. The van der Waals surface area contributed by atoms with Crippen LogP contribution in [0.1, 0.15) is 5.56 Å². The van der Waals surface area contributed by atoms with E-state index in [-0.39, 0.29) is 10.9 Å². The van der Waals surface area contributed by atoms with Crippen molar-refractivity contribution >= 4 is 11.6 Å². The van der Waals surface area contributed by atoms with Gasteiger partial charge in [-0.2, -0.15) is 5.26 Å². The van der Waals surface area contributed by atoms with E-state index in [2.05, 4.69) is 4.98 Å². The van der Waals surface area contributed by atoms with Gasteiger partial charge in [-0.05, 0) is 6.07 Å². The molecule has 1 aromatic heterocycles. The Hall–Kier alpha value is -1.31. The van der Waals surface area contributed by atoms with Crippen LogP contribution in [-0.4, -0.2) is 25.3 Å². The van der Waals surface area contributed by atoms with Crippen LogP contribution in [0.25, 0.3) is 0 Å². The fourth-order valence-corrected chi connectivity index (χ4v) is 1.04. The molecule has 0 saturated carbocycles. The molecule has 0 aliphatic carbocycles. The molecule has 4 nitrogen and oxygen atoms in total. The highest BCUT2D eigenvalue weighted by molar-refractivity contribution is 6.32. The van der Waals surface area contributed by atoms with E-state index in [0.717, 1.165) is 0 Å². The summed E-state index contributed by atoms with van der Waals surface area (Å²) in [6, 6.07) is 3.48. The summed E-state index contributed by atoms with van der Waals surface area (Å²) in [5, 5.41) is 8.91. The zero-order valence-electron chi connectivity index (χ0n) is 7.66. The fourth-order valence-electron chi connectivity index (χ4n) is 0.833. The first-order valence-corrected chi connectivity index (χ1v) is 4.33. The van der Waals surface area contributed by atoms with Crippen LogP contribution >= 0.6 is 11.6 Å². The van der Waals surface area contributed by atoms with Gasteiger partial charge in [0, 0.05) is 13.3 Å². The highest BCUT2D eigenvalue weighted by Gasteiger charge is 2.07. The maximum Gasteiger partial charge on any atom is 0.234 e. The fraction of sp³-hybridized carbons (Fsp3) is 0.333. The first-order valence-electron chi connectivity index (χ1n) is 3.96. The Morgan fingerprint density at radius 2 is 2.36 bits per heavy atom. The molecule has 74 valence electrons. The molecule has 1 aromatic rings. The molecule has 5 heteroatoms. The van der Waals surface area contributed by atoms with Crippen LogP contribution in [0.15, 0.2) is 12.3 Å². The van der Waals surface area contributed by atoms with Gasteiger partial charge < -0.3 is 9.47 Å². The second-order valence-corrected chi connectivity index (χ2v) is 2.81. The Labute approximate surface area is 87.0 Å². The summed E-state index contributed by atoms with van der Waals surface area (Å²) in [7, 11) is 1.57. The van der Waals surface area contributed by atoms with E-state index in [0.29, 0.717) is 18.8 Å². The van der Waals surface area contributed by atoms with Crippen molar-refractivity contribution in [3.63, 3.8) is 0 Å². The summed E-state index contributed by atoms with van der Waals surface area (Å²) in [5.74, 6) is 0.266. The third kappa shape index (κ3) is 2.59. The minimum atomic E-state index is 0.242. The van der Waals surface area contributed by atoms with Gasteiger partial charge in [-0.25, -0.2) is 4.98 Å². The SMILES string of the molecule is COCCOc1nccc(C#N)c1Cl. The zero-order valence-corrected chi connectivity index (χ0v) is 8.41. The number of methoxy groups -OCH3 is 1. The maximum atomic E-state index is 8.67. The monoisotopic (exact) mass is 212 g/mol. The smallest absolute Gasteiger partial charge is 0.234 e. The van der Waals surface area contributed by atoms with Crippen molar-refractivity contribution in [1.82, 2.24) is 4.98 Å². The highest BCUT2D eigenvalue weighted by Crippen LogP contribution is 2.24. The van der Waals surface area contributed by atoms with E-state index in [4.69, 9.17) is 26.3 Å². The zero-order chi connectivity index (χ0) is 10.4. The first-order chi connectivity index (χ1) is 6.79. The number of halogens is 1. The molecule has 0 bridgehead atoms. The van der Waals surface area contributed by atoms with E-state index in [9.17, 15) is 0 Å². The van der Waals surface area contributed by atoms with Gasteiger partial charge in [-0.1, -0.05) is 11.6 Å². The summed E-state index contributed by atoms with van der Waals surface area (Å²) in [6.45, 7) is 0.812. The molecule has 1 rings (SSSR count). The molecule has 0 aliphatic rings. The molecule has 0 atom stereocenters. The van der Waals surface area contributed by atoms with Gasteiger partial charge in [0.1, 0.15) is 17.7 Å². The number of hydrogen-bond donors (Lipinski definition) is 0.